The molecule has 0 unspecified atom stereocenters. The lowest BCUT2D eigenvalue weighted by Crippen LogP contribution is -2.30. The molecule has 0 fully saturated rings. The van der Waals surface area contributed by atoms with Crippen molar-refractivity contribution >= 4 is 5.69 Å². The van der Waals surface area contributed by atoms with Gasteiger partial charge in [-0.3, -0.25) is 0 Å². The molecule has 0 spiro atoms. The molecular formula is C16H22F3N. The maximum absolute atomic E-state index is 12.8. The zero-order chi connectivity index (χ0) is 14.6. The third-order valence-corrected chi connectivity index (χ3v) is 3.91. The van der Waals surface area contributed by atoms with Crippen molar-refractivity contribution in [1.29, 1.82) is 0 Å². The predicted molar refractivity (Wildman–Crippen MR) is 76.1 cm³/mol. The zero-order valence-corrected chi connectivity index (χ0v) is 12.0. The fourth-order valence-electron chi connectivity index (χ4n) is 2.79. The number of fused-ring (bicyclic) bond motifs is 1. The Bertz CT molecular complexity index is 440. The van der Waals surface area contributed by atoms with Crippen LogP contribution in [-0.2, 0) is 12.6 Å². The number of anilines is 1. The number of hydrogen-bond donors (Lipinski definition) is 0. The van der Waals surface area contributed by atoms with Crippen molar-refractivity contribution in [2.75, 3.05) is 18.0 Å². The summed E-state index contributed by atoms with van der Waals surface area (Å²) < 4.78 is 38.5. The highest BCUT2D eigenvalue weighted by Gasteiger charge is 2.32. The second-order valence-corrected chi connectivity index (χ2v) is 5.49. The van der Waals surface area contributed by atoms with E-state index in [-0.39, 0.29) is 0 Å². The second-order valence-electron chi connectivity index (χ2n) is 5.49. The molecule has 0 aliphatic carbocycles. The van der Waals surface area contributed by atoms with Crippen LogP contribution in [0.4, 0.5) is 18.9 Å². The molecule has 0 atom stereocenters. The SMILES string of the molecule is CCCCCCN1CCCc2ccc(C(F)(F)F)cc21. The van der Waals surface area contributed by atoms with Gasteiger partial charge in [0, 0.05) is 18.8 Å². The number of alkyl halides is 3. The van der Waals surface area contributed by atoms with Crippen molar-refractivity contribution in [3.63, 3.8) is 0 Å². The first kappa shape index (κ1) is 15.2. The zero-order valence-electron chi connectivity index (χ0n) is 12.0. The van der Waals surface area contributed by atoms with Gasteiger partial charge in [0.2, 0.25) is 0 Å². The van der Waals surface area contributed by atoms with Crippen LogP contribution >= 0.6 is 0 Å². The van der Waals surface area contributed by atoms with E-state index in [2.05, 4.69) is 11.8 Å². The Morgan fingerprint density at radius 1 is 1.15 bits per heavy atom. The lowest BCUT2D eigenvalue weighted by molar-refractivity contribution is -0.137. The molecule has 0 N–H and O–H groups in total. The van der Waals surface area contributed by atoms with Crippen molar-refractivity contribution in [2.24, 2.45) is 0 Å². The fourth-order valence-corrected chi connectivity index (χ4v) is 2.79. The molecular weight excluding hydrogens is 263 g/mol. The normalized spacial score (nSPS) is 15.3. The lowest BCUT2D eigenvalue weighted by Gasteiger charge is -2.32. The molecule has 112 valence electrons. The van der Waals surface area contributed by atoms with Gasteiger partial charge in [-0.2, -0.15) is 13.2 Å². The number of hydrogen-bond acceptors (Lipinski definition) is 1. The number of nitrogens with zero attached hydrogens (tertiary/aromatic N) is 1. The van der Waals surface area contributed by atoms with E-state index in [1.54, 1.807) is 6.07 Å². The van der Waals surface area contributed by atoms with Crippen LogP contribution in [0.1, 0.15) is 50.2 Å². The minimum Gasteiger partial charge on any atom is -0.371 e. The highest BCUT2D eigenvalue weighted by Crippen LogP contribution is 2.35. The van der Waals surface area contributed by atoms with Gasteiger partial charge in [-0.1, -0.05) is 32.3 Å². The van der Waals surface area contributed by atoms with E-state index in [0.29, 0.717) is 0 Å². The molecule has 0 radical (unpaired) electrons. The van der Waals surface area contributed by atoms with Gasteiger partial charge in [0.05, 0.1) is 5.56 Å². The first-order valence-corrected chi connectivity index (χ1v) is 7.47. The largest absolute Gasteiger partial charge is 0.416 e. The predicted octanol–water partition coefficient (Wildman–Crippen LogP) is 5.04. The molecule has 4 heteroatoms. The molecule has 0 saturated carbocycles. The van der Waals surface area contributed by atoms with Crippen molar-refractivity contribution < 1.29 is 13.2 Å². The molecule has 0 saturated heterocycles. The summed E-state index contributed by atoms with van der Waals surface area (Å²) in [5.41, 5.74) is 1.32. The molecule has 1 aliphatic rings. The van der Waals surface area contributed by atoms with E-state index >= 15 is 0 Å². The molecule has 20 heavy (non-hydrogen) atoms. The summed E-state index contributed by atoms with van der Waals surface area (Å²) in [5, 5.41) is 0. The Balaban J connectivity index is 2.11. The number of halogens is 3. The minimum absolute atomic E-state index is 0.531. The summed E-state index contributed by atoms with van der Waals surface area (Å²) in [4.78, 5) is 2.13. The molecule has 1 aromatic carbocycles. The standard InChI is InChI=1S/C16H22F3N/c1-2-3-4-5-10-20-11-6-7-13-8-9-14(12-15(13)20)16(17,18)19/h8-9,12H,2-7,10-11H2,1H3. The van der Waals surface area contributed by atoms with Crippen LogP contribution in [0.3, 0.4) is 0 Å². The number of unbranched alkanes of at least 4 members (excludes halogenated alkanes) is 3. The van der Waals surface area contributed by atoms with Crippen LogP contribution in [0.15, 0.2) is 18.2 Å². The fraction of sp³-hybridized carbons (Fsp3) is 0.625. The first-order valence-electron chi connectivity index (χ1n) is 7.47. The molecule has 1 aromatic rings. The minimum atomic E-state index is -4.25. The van der Waals surface area contributed by atoms with Crippen molar-refractivity contribution in [3.05, 3.63) is 29.3 Å². The van der Waals surface area contributed by atoms with Crippen LogP contribution in [-0.4, -0.2) is 13.1 Å². The molecule has 1 aliphatic heterocycles. The average molecular weight is 285 g/mol. The van der Waals surface area contributed by atoms with Gasteiger partial charge in [-0.25, -0.2) is 0 Å². The summed E-state index contributed by atoms with van der Waals surface area (Å²) >= 11 is 0. The Labute approximate surface area is 118 Å². The highest BCUT2D eigenvalue weighted by molar-refractivity contribution is 5.57. The van der Waals surface area contributed by atoms with Gasteiger partial charge in [0.15, 0.2) is 0 Å². The topological polar surface area (TPSA) is 3.24 Å². The van der Waals surface area contributed by atoms with Crippen LogP contribution in [0.25, 0.3) is 0 Å². The van der Waals surface area contributed by atoms with Gasteiger partial charge in [-0.05, 0) is 37.0 Å². The average Bonchev–Trinajstić information content (AvgIpc) is 2.42. The van der Waals surface area contributed by atoms with E-state index in [1.165, 1.54) is 25.0 Å². The number of benzene rings is 1. The molecule has 0 amide bonds. The van der Waals surface area contributed by atoms with E-state index in [4.69, 9.17) is 0 Å². The Kier molecular flexibility index (Phi) is 4.95. The van der Waals surface area contributed by atoms with E-state index in [0.717, 1.165) is 50.0 Å². The summed E-state index contributed by atoms with van der Waals surface area (Å²) in [5.74, 6) is 0. The summed E-state index contributed by atoms with van der Waals surface area (Å²) in [6.07, 6.45) is 2.26. The lowest BCUT2D eigenvalue weighted by atomic mass is 9.99. The molecule has 2 rings (SSSR count). The number of aryl methyl sites for hydroxylation is 1. The molecule has 1 nitrogen and oxygen atoms in total. The number of rotatable bonds is 5. The summed E-state index contributed by atoms with van der Waals surface area (Å²) in [7, 11) is 0. The van der Waals surface area contributed by atoms with Gasteiger partial charge in [0.1, 0.15) is 0 Å². The van der Waals surface area contributed by atoms with Crippen LogP contribution in [0.2, 0.25) is 0 Å². The maximum Gasteiger partial charge on any atom is 0.416 e. The molecule has 0 aromatic heterocycles. The van der Waals surface area contributed by atoms with Crippen LogP contribution in [0.5, 0.6) is 0 Å². The quantitative estimate of drug-likeness (QED) is 0.685. The third kappa shape index (κ3) is 3.68. The van der Waals surface area contributed by atoms with Crippen LogP contribution in [0, 0.1) is 0 Å². The Morgan fingerprint density at radius 2 is 1.95 bits per heavy atom. The highest BCUT2D eigenvalue weighted by atomic mass is 19.4. The van der Waals surface area contributed by atoms with Crippen molar-refractivity contribution in [1.82, 2.24) is 0 Å². The van der Waals surface area contributed by atoms with E-state index in [9.17, 15) is 13.2 Å². The Morgan fingerprint density at radius 3 is 2.65 bits per heavy atom. The smallest absolute Gasteiger partial charge is 0.371 e. The van der Waals surface area contributed by atoms with E-state index < -0.39 is 11.7 Å². The third-order valence-electron chi connectivity index (χ3n) is 3.91. The summed E-state index contributed by atoms with van der Waals surface area (Å²) in [6, 6.07) is 4.18. The first-order chi connectivity index (χ1) is 9.52. The second kappa shape index (κ2) is 6.51. The van der Waals surface area contributed by atoms with Crippen molar-refractivity contribution in [2.45, 2.75) is 51.6 Å². The molecule has 0 bridgehead atoms. The monoisotopic (exact) mass is 285 g/mol. The van der Waals surface area contributed by atoms with Crippen LogP contribution < -0.4 is 4.90 Å². The van der Waals surface area contributed by atoms with Gasteiger partial charge in [-0.15, -0.1) is 0 Å². The van der Waals surface area contributed by atoms with Gasteiger partial charge >= 0.3 is 6.18 Å². The van der Waals surface area contributed by atoms with Gasteiger partial charge < -0.3 is 4.90 Å². The van der Waals surface area contributed by atoms with Gasteiger partial charge in [0.25, 0.3) is 0 Å². The van der Waals surface area contributed by atoms with Crippen molar-refractivity contribution in [3.8, 4) is 0 Å². The Hall–Kier alpha value is -1.19. The molecule has 1 heterocycles. The van der Waals surface area contributed by atoms with E-state index in [1.807, 2.05) is 0 Å². The maximum atomic E-state index is 12.8. The summed E-state index contributed by atoms with van der Waals surface area (Å²) in [6.45, 7) is 3.90.